The molecular formula is C16H20N4OS. The van der Waals surface area contributed by atoms with Gasteiger partial charge in [-0.2, -0.15) is 8.75 Å². The second-order valence-corrected chi connectivity index (χ2v) is 4.03. The van der Waals surface area contributed by atoms with Crippen LogP contribution in [0.15, 0.2) is 53.2 Å². The number of benzene rings is 2. The molecule has 22 heavy (non-hydrogen) atoms. The van der Waals surface area contributed by atoms with Crippen molar-refractivity contribution in [2.45, 2.75) is 27.7 Å². The first-order valence-electron chi connectivity index (χ1n) is 7.28. The van der Waals surface area contributed by atoms with Crippen LogP contribution in [-0.2, 0) is 0 Å². The van der Waals surface area contributed by atoms with Gasteiger partial charge in [-0.1, -0.05) is 52.0 Å². The molecule has 0 saturated heterocycles. The highest BCUT2D eigenvalue weighted by Gasteiger charge is 1.93. The molecule has 5 nitrogen and oxygen atoms in total. The van der Waals surface area contributed by atoms with Crippen LogP contribution in [0.2, 0.25) is 0 Å². The van der Waals surface area contributed by atoms with E-state index in [1.54, 1.807) is 0 Å². The first-order valence-corrected chi connectivity index (χ1v) is 8.01. The maximum absolute atomic E-state index is 4.46. The van der Waals surface area contributed by atoms with Crippen molar-refractivity contribution in [3.63, 3.8) is 0 Å². The summed E-state index contributed by atoms with van der Waals surface area (Å²) in [7, 11) is 0. The number of rotatable bonds is 0. The fourth-order valence-electron chi connectivity index (χ4n) is 1.45. The van der Waals surface area contributed by atoms with E-state index in [1.165, 1.54) is 11.7 Å². The highest BCUT2D eigenvalue weighted by molar-refractivity contribution is 7.00. The van der Waals surface area contributed by atoms with Crippen LogP contribution in [0.1, 0.15) is 27.7 Å². The lowest BCUT2D eigenvalue weighted by Crippen LogP contribution is -1.63. The van der Waals surface area contributed by atoms with E-state index in [4.69, 9.17) is 0 Å². The summed E-state index contributed by atoms with van der Waals surface area (Å²) in [5.41, 5.74) is 3.58. The lowest BCUT2D eigenvalue weighted by molar-refractivity contribution is 0.315. The topological polar surface area (TPSA) is 64.7 Å². The van der Waals surface area contributed by atoms with E-state index in [9.17, 15) is 0 Å². The summed E-state index contributed by atoms with van der Waals surface area (Å²) in [6, 6.07) is 15.3. The summed E-state index contributed by atoms with van der Waals surface area (Å²) >= 11 is 1.25. The van der Waals surface area contributed by atoms with Crippen molar-refractivity contribution in [3.8, 4) is 0 Å². The molecule has 0 unspecified atom stereocenters. The maximum Gasteiger partial charge on any atom is 0.135 e. The minimum atomic E-state index is 0.803. The van der Waals surface area contributed by atoms with E-state index in [2.05, 4.69) is 23.7 Å². The van der Waals surface area contributed by atoms with Crippen molar-refractivity contribution in [3.05, 3.63) is 48.5 Å². The fourth-order valence-corrected chi connectivity index (χ4v) is 1.98. The van der Waals surface area contributed by atoms with Crippen molar-refractivity contribution >= 4 is 33.8 Å². The molecule has 2 aromatic carbocycles. The Morgan fingerprint density at radius 2 is 1.00 bits per heavy atom. The number of hydrogen-bond donors (Lipinski definition) is 0. The Labute approximate surface area is 134 Å². The summed E-state index contributed by atoms with van der Waals surface area (Å²) in [5.74, 6) is 0. The molecule has 0 radical (unpaired) electrons. The number of aromatic nitrogens is 4. The zero-order valence-corrected chi connectivity index (χ0v) is 14.0. The lowest BCUT2D eigenvalue weighted by atomic mass is 10.3. The zero-order chi connectivity index (χ0) is 16.2. The molecule has 0 atom stereocenters. The summed E-state index contributed by atoms with van der Waals surface area (Å²) in [6.45, 7) is 8.00. The van der Waals surface area contributed by atoms with Crippen LogP contribution in [-0.4, -0.2) is 19.1 Å². The molecule has 4 rings (SSSR count). The molecule has 0 saturated carbocycles. The molecule has 0 spiro atoms. The number of nitrogens with zero attached hydrogens (tertiary/aromatic N) is 4. The van der Waals surface area contributed by atoms with Gasteiger partial charge in [0.25, 0.3) is 0 Å². The second-order valence-electron chi connectivity index (χ2n) is 3.51. The summed E-state index contributed by atoms with van der Waals surface area (Å²) in [5, 5.41) is 7.27. The van der Waals surface area contributed by atoms with Crippen LogP contribution in [0.4, 0.5) is 0 Å². The Morgan fingerprint density at radius 3 is 1.41 bits per heavy atom. The standard InChI is InChI=1S/C6H4N2O.C6H4N2S.2C2H6/c2*1-2-4-6-5(3-1)7-9-8-6;2*1-2/h2*1-4H;2*1-2H3. The maximum atomic E-state index is 4.46. The molecule has 0 fully saturated rings. The Morgan fingerprint density at radius 1 is 0.636 bits per heavy atom. The molecule has 0 amide bonds. The average molecular weight is 316 g/mol. The van der Waals surface area contributed by atoms with Gasteiger partial charge >= 0.3 is 0 Å². The van der Waals surface area contributed by atoms with Crippen LogP contribution in [0.3, 0.4) is 0 Å². The Kier molecular flexibility index (Phi) is 8.37. The molecule has 0 N–H and O–H groups in total. The third-order valence-corrected chi connectivity index (χ3v) is 2.88. The predicted octanol–water partition coefficient (Wildman–Crippen LogP) is 4.97. The molecule has 0 bridgehead atoms. The first kappa shape index (κ1) is 17.7. The smallest absolute Gasteiger partial charge is 0.135 e. The van der Waals surface area contributed by atoms with Gasteiger partial charge in [0.05, 0.1) is 11.7 Å². The molecule has 0 aliphatic heterocycles. The van der Waals surface area contributed by atoms with Gasteiger partial charge in [-0.3, -0.25) is 0 Å². The Balaban J connectivity index is 0.000000180. The Bertz CT molecular complexity index is 640. The lowest BCUT2D eigenvalue weighted by Gasteiger charge is -1.78. The average Bonchev–Trinajstić information content (AvgIpc) is 3.28. The van der Waals surface area contributed by atoms with Gasteiger partial charge in [-0.15, -0.1) is 0 Å². The van der Waals surface area contributed by atoms with E-state index in [-0.39, 0.29) is 0 Å². The minimum absolute atomic E-state index is 0.803. The van der Waals surface area contributed by atoms with Crippen LogP contribution < -0.4 is 0 Å². The van der Waals surface area contributed by atoms with E-state index in [1.807, 2.05) is 76.2 Å². The third kappa shape index (κ3) is 4.89. The Hall–Kier alpha value is -2.34. The predicted molar refractivity (Wildman–Crippen MR) is 91.9 cm³/mol. The number of hydrogen-bond acceptors (Lipinski definition) is 6. The van der Waals surface area contributed by atoms with Crippen LogP contribution >= 0.6 is 11.7 Å². The summed E-state index contributed by atoms with van der Waals surface area (Å²) < 4.78 is 12.6. The monoisotopic (exact) mass is 316 g/mol. The van der Waals surface area contributed by atoms with Gasteiger partial charge in [0.15, 0.2) is 0 Å². The normalized spacial score (nSPS) is 8.91. The van der Waals surface area contributed by atoms with Gasteiger partial charge < -0.3 is 0 Å². The van der Waals surface area contributed by atoms with E-state index in [0.29, 0.717) is 0 Å². The van der Waals surface area contributed by atoms with E-state index < -0.39 is 0 Å². The van der Waals surface area contributed by atoms with Gasteiger partial charge in [-0.05, 0) is 34.6 Å². The van der Waals surface area contributed by atoms with Crippen molar-refractivity contribution in [2.75, 3.05) is 0 Å². The quantitative estimate of drug-likeness (QED) is 0.458. The minimum Gasteiger partial charge on any atom is -0.243 e. The number of fused-ring (bicyclic) bond motifs is 2. The molecular weight excluding hydrogens is 296 g/mol. The molecule has 2 heterocycles. The summed E-state index contributed by atoms with van der Waals surface area (Å²) in [6.07, 6.45) is 0. The van der Waals surface area contributed by atoms with Crippen molar-refractivity contribution in [1.82, 2.24) is 19.1 Å². The molecule has 2 aromatic heterocycles. The van der Waals surface area contributed by atoms with Crippen molar-refractivity contribution in [2.24, 2.45) is 0 Å². The third-order valence-electron chi connectivity index (χ3n) is 2.32. The summed E-state index contributed by atoms with van der Waals surface area (Å²) in [4.78, 5) is 0. The second kappa shape index (κ2) is 10.4. The van der Waals surface area contributed by atoms with Gasteiger partial charge in [0, 0.05) is 0 Å². The van der Waals surface area contributed by atoms with E-state index in [0.717, 1.165) is 22.1 Å². The van der Waals surface area contributed by atoms with Crippen LogP contribution in [0.25, 0.3) is 22.1 Å². The van der Waals surface area contributed by atoms with E-state index >= 15 is 0 Å². The van der Waals surface area contributed by atoms with Gasteiger partial charge in [-0.25, -0.2) is 4.63 Å². The molecule has 0 aliphatic carbocycles. The van der Waals surface area contributed by atoms with Crippen LogP contribution in [0.5, 0.6) is 0 Å². The zero-order valence-electron chi connectivity index (χ0n) is 13.2. The fraction of sp³-hybridized carbons (Fsp3) is 0.250. The highest BCUT2D eigenvalue weighted by atomic mass is 32.1. The van der Waals surface area contributed by atoms with Gasteiger partial charge in [0.2, 0.25) is 0 Å². The molecule has 4 aromatic rings. The van der Waals surface area contributed by atoms with Crippen LogP contribution in [0, 0.1) is 0 Å². The van der Waals surface area contributed by atoms with Gasteiger partial charge in [0.1, 0.15) is 22.1 Å². The molecule has 116 valence electrons. The first-order chi connectivity index (χ1) is 10.9. The SMILES string of the molecule is CC.CC.c1ccc2nonc2c1.c1ccc2nsnc2c1. The van der Waals surface area contributed by atoms with Crippen molar-refractivity contribution < 1.29 is 4.63 Å². The highest BCUT2D eigenvalue weighted by Crippen LogP contribution is 2.08. The molecule has 6 heteroatoms. The largest absolute Gasteiger partial charge is 0.243 e. The molecule has 0 aliphatic rings. The van der Waals surface area contributed by atoms with Crippen molar-refractivity contribution in [1.29, 1.82) is 0 Å².